The normalized spacial score (nSPS) is 21.3. The van der Waals surface area contributed by atoms with Crippen molar-refractivity contribution in [3.63, 3.8) is 0 Å². The van der Waals surface area contributed by atoms with E-state index in [1.807, 2.05) is 60.7 Å². The summed E-state index contributed by atoms with van der Waals surface area (Å²) >= 11 is 18.8. The van der Waals surface area contributed by atoms with Crippen LogP contribution < -0.4 is 10.4 Å². The van der Waals surface area contributed by atoms with E-state index in [1.165, 1.54) is 72.8 Å². The van der Waals surface area contributed by atoms with E-state index in [0.717, 1.165) is 10.4 Å². The predicted molar refractivity (Wildman–Crippen MR) is 350 cm³/mol. The first-order valence-corrected chi connectivity index (χ1v) is 32.9. The van der Waals surface area contributed by atoms with E-state index in [4.69, 9.17) is 92.0 Å². The number of ether oxygens (including phenoxy) is 10. The molecule has 0 radical (unpaired) electrons. The molecule has 8 aromatic carbocycles. The first-order chi connectivity index (χ1) is 45.3. The minimum atomic E-state index is -3.56. The molecule has 0 aliphatic carbocycles. The molecule has 10 rings (SSSR count). The third-order valence-corrected chi connectivity index (χ3v) is 21.0. The molecule has 94 heavy (non-hydrogen) atoms. The number of hydrogen-bond donors (Lipinski definition) is 1. The van der Waals surface area contributed by atoms with Gasteiger partial charge in [0.05, 0.1) is 46.6 Å². The van der Waals surface area contributed by atoms with Crippen LogP contribution in [0.1, 0.15) is 82.9 Å². The summed E-state index contributed by atoms with van der Waals surface area (Å²) in [4.78, 5) is 87.8. The summed E-state index contributed by atoms with van der Waals surface area (Å²) in [6.07, 6.45) is -18.5. The van der Waals surface area contributed by atoms with Crippen molar-refractivity contribution >= 4 is 95.2 Å². The van der Waals surface area contributed by atoms with Crippen LogP contribution in [0.25, 0.3) is 0 Å². The molecule has 0 saturated carbocycles. The summed E-state index contributed by atoms with van der Waals surface area (Å²) < 4.78 is 69.7. The number of carbonyl (C=O) groups excluding carboxylic acids is 6. The molecule has 0 bridgehead atoms. The third-order valence-electron chi connectivity index (χ3n) is 15.5. The van der Waals surface area contributed by atoms with Crippen molar-refractivity contribution < 1.29 is 80.6 Å². The zero-order chi connectivity index (χ0) is 66.4. The number of carbonyl (C=O) groups is 6. The average molecular weight is 1350 g/mol. The zero-order valence-electron chi connectivity index (χ0n) is 50.9. The van der Waals surface area contributed by atoms with Crippen molar-refractivity contribution in [2.24, 2.45) is 0 Å². The summed E-state index contributed by atoms with van der Waals surface area (Å²) in [5, 5.41) is 9.89. The van der Waals surface area contributed by atoms with Gasteiger partial charge in [-0.15, -0.1) is 0 Å². The van der Waals surface area contributed by atoms with E-state index in [2.05, 4.69) is 20.8 Å². The number of nitrogens with one attached hydrogen (secondary N) is 1. The van der Waals surface area contributed by atoms with Gasteiger partial charge in [0.2, 0.25) is 18.3 Å². The lowest BCUT2D eigenvalue weighted by Crippen LogP contribution is -2.69. The maximum Gasteiger partial charge on any atom is 0.338 e. The first-order valence-electron chi connectivity index (χ1n) is 29.8. The summed E-state index contributed by atoms with van der Waals surface area (Å²) in [7, 11) is -3.56. The number of alkyl halides is 3. The van der Waals surface area contributed by atoms with E-state index in [-0.39, 0.29) is 33.4 Å². The summed E-state index contributed by atoms with van der Waals surface area (Å²) in [5.41, 5.74) is 0.191. The molecule has 2 saturated heterocycles. The lowest BCUT2D eigenvalue weighted by atomic mass is 9.96. The molecule has 2 aliphatic heterocycles. The molecule has 0 spiro atoms. The minimum absolute atomic E-state index is 0.00168. The topological polar surface area (TPSA) is 228 Å². The van der Waals surface area contributed by atoms with E-state index in [9.17, 15) is 28.8 Å². The fourth-order valence-corrected chi connectivity index (χ4v) is 15.7. The average Bonchev–Trinajstić information content (AvgIpc) is 0.756. The molecule has 18 nitrogen and oxygen atoms in total. The van der Waals surface area contributed by atoms with Crippen molar-refractivity contribution in [2.75, 3.05) is 13.2 Å². The standard InChI is InChI=1S/C72H64Cl3NO17Si/c1-71(2,3)94(52-40-24-10-25-41-52,53-42-26-11-27-43-53)84-45-55-57(88-63(78)47-30-14-5-15-31-47)58(89-64(79)48-32-16-6-17-33-48)60(91-66(81)50-36-20-8-21-37-50)68(85-55)83-44-54-56(87-62(77)46-28-12-4-13-29-46)59(90-65(80)49-34-18-7-19-35-49)61(69(86-54)93-70(76)72(73,74)75)92-67(82)51-38-22-9-23-39-51/h4-43,54-61,68-69,76H,44-45H2,1-3H3/t54?,55-,56-,57?,58+,59?,60?,61-,68-,69?/m1/s1. The lowest BCUT2D eigenvalue weighted by molar-refractivity contribution is -0.321. The van der Waals surface area contributed by atoms with Gasteiger partial charge >= 0.3 is 35.8 Å². The van der Waals surface area contributed by atoms with E-state index in [1.54, 1.807) is 109 Å². The van der Waals surface area contributed by atoms with Crippen LogP contribution in [0.15, 0.2) is 243 Å². The second kappa shape index (κ2) is 30.8. The van der Waals surface area contributed by atoms with Crippen LogP contribution in [0.2, 0.25) is 5.04 Å². The van der Waals surface area contributed by atoms with Gasteiger partial charge in [0.15, 0.2) is 36.8 Å². The predicted octanol–water partition coefficient (Wildman–Crippen LogP) is 11.7. The largest absolute Gasteiger partial charge is 0.452 e. The molecule has 8 aromatic rings. The molecule has 22 heteroatoms. The van der Waals surface area contributed by atoms with Crippen molar-refractivity contribution in [1.82, 2.24) is 0 Å². The molecule has 10 atom stereocenters. The summed E-state index contributed by atoms with van der Waals surface area (Å²) in [6.45, 7) is 4.89. The Morgan fingerprint density at radius 1 is 0.362 bits per heavy atom. The highest BCUT2D eigenvalue weighted by Gasteiger charge is 2.59. The molecule has 0 aromatic heterocycles. The van der Waals surface area contributed by atoms with Gasteiger partial charge < -0.3 is 51.8 Å². The fraction of sp³-hybridized carbons (Fsp3) is 0.236. The van der Waals surface area contributed by atoms with Crippen molar-refractivity contribution in [2.45, 2.75) is 91.0 Å². The SMILES string of the molecule is CC(C)(C)[Si](OC[C@H]1O[C@@H](OCC2OC(OC(=N)C(Cl)(Cl)Cl)[C@H](OC(=O)c3ccccc3)C(OC(=O)c3ccccc3)[C@@H]2OC(=O)c2ccccc2)C(OC(=O)c2ccccc2)[C@@H](OC(=O)c2ccccc2)C1OC(=O)c1ccccc1)(c1ccccc1)c1ccccc1. The van der Waals surface area contributed by atoms with Crippen LogP contribution in [0.5, 0.6) is 0 Å². The summed E-state index contributed by atoms with van der Waals surface area (Å²) in [5.74, 6) is -6.90. The molecule has 484 valence electrons. The van der Waals surface area contributed by atoms with Crippen LogP contribution in [0, 0.1) is 5.41 Å². The van der Waals surface area contributed by atoms with Gasteiger partial charge in [-0.05, 0) is 88.2 Å². The highest BCUT2D eigenvalue weighted by molar-refractivity contribution is 6.99. The highest BCUT2D eigenvalue weighted by atomic mass is 35.6. The van der Waals surface area contributed by atoms with Crippen LogP contribution in [0.3, 0.4) is 0 Å². The Labute approximate surface area is 558 Å². The van der Waals surface area contributed by atoms with Crippen molar-refractivity contribution in [1.29, 1.82) is 5.41 Å². The Hall–Kier alpha value is -9.02. The number of esters is 6. The molecule has 2 heterocycles. The Balaban J connectivity index is 1.14. The minimum Gasteiger partial charge on any atom is -0.452 e. The van der Waals surface area contributed by atoms with Gasteiger partial charge in [-0.3, -0.25) is 5.41 Å². The Morgan fingerprint density at radius 3 is 0.915 bits per heavy atom. The Kier molecular flexibility index (Phi) is 22.2. The van der Waals surface area contributed by atoms with Crippen LogP contribution in [0.4, 0.5) is 0 Å². The van der Waals surface area contributed by atoms with Crippen LogP contribution in [-0.2, 0) is 51.8 Å². The first kappa shape index (κ1) is 67.9. The highest BCUT2D eigenvalue weighted by Crippen LogP contribution is 2.40. The number of rotatable bonds is 21. The molecule has 2 aliphatic rings. The second-order valence-corrected chi connectivity index (χ2v) is 29.3. The van der Waals surface area contributed by atoms with Gasteiger partial charge in [0.25, 0.3) is 12.1 Å². The second-order valence-electron chi connectivity index (χ2n) is 22.8. The van der Waals surface area contributed by atoms with Gasteiger partial charge in [0.1, 0.15) is 12.2 Å². The quantitative estimate of drug-likeness (QED) is 0.0176. The smallest absolute Gasteiger partial charge is 0.338 e. The Morgan fingerprint density at radius 2 is 0.617 bits per heavy atom. The van der Waals surface area contributed by atoms with Crippen LogP contribution >= 0.6 is 34.8 Å². The van der Waals surface area contributed by atoms with E-state index >= 15 is 0 Å². The molecular weight excluding hydrogens is 1290 g/mol. The molecule has 1 N–H and O–H groups in total. The number of halogens is 3. The zero-order valence-corrected chi connectivity index (χ0v) is 54.1. The van der Waals surface area contributed by atoms with Gasteiger partial charge in [-0.1, -0.05) is 225 Å². The fourth-order valence-electron chi connectivity index (χ4n) is 11.0. The molecule has 0 amide bonds. The molecular formula is C72H64Cl3NO17Si. The van der Waals surface area contributed by atoms with Crippen molar-refractivity contribution in [3.05, 3.63) is 276 Å². The van der Waals surface area contributed by atoms with Gasteiger partial charge in [-0.2, -0.15) is 0 Å². The lowest BCUT2D eigenvalue weighted by Gasteiger charge is -2.48. The maximum atomic E-state index is 14.8. The molecule has 2 fully saturated rings. The molecule has 5 unspecified atom stereocenters. The van der Waals surface area contributed by atoms with E-state index in [0.29, 0.717) is 0 Å². The van der Waals surface area contributed by atoms with Crippen LogP contribution in [-0.4, -0.2) is 128 Å². The monoisotopic (exact) mass is 1350 g/mol. The van der Waals surface area contributed by atoms with Gasteiger partial charge in [0, 0.05) is 0 Å². The van der Waals surface area contributed by atoms with Crippen molar-refractivity contribution in [3.8, 4) is 0 Å². The third kappa shape index (κ3) is 16.3. The number of hydrogen-bond acceptors (Lipinski definition) is 18. The number of benzene rings is 8. The summed E-state index contributed by atoms with van der Waals surface area (Å²) in [6, 6.07) is 66.2. The van der Waals surface area contributed by atoms with E-state index < -0.39 is 133 Å². The Bertz CT molecular complexity index is 3820. The van der Waals surface area contributed by atoms with Gasteiger partial charge in [-0.25, -0.2) is 28.8 Å². The maximum absolute atomic E-state index is 14.8.